The molecule has 2 N–H and O–H groups in total. The molecule has 3 aliphatic rings. The maximum Gasteiger partial charge on any atom is 0.329 e. The minimum Gasteiger partial charge on any atom is -0.495 e. The number of anilines is 2. The van der Waals surface area contributed by atoms with Crippen LogP contribution < -0.4 is 30.7 Å². The number of nitrogens with one attached hydrogen (secondary N) is 2. The van der Waals surface area contributed by atoms with Crippen molar-refractivity contribution in [2.45, 2.75) is 50.6 Å². The van der Waals surface area contributed by atoms with Crippen LogP contribution in [-0.2, 0) is 16.6 Å². The lowest BCUT2D eigenvalue weighted by molar-refractivity contribution is -0.135. The van der Waals surface area contributed by atoms with Gasteiger partial charge in [-0.25, -0.2) is 4.79 Å². The Morgan fingerprint density at radius 2 is 1.76 bits per heavy atom. The minimum absolute atomic E-state index is 0.215. The molecule has 3 fully saturated rings. The van der Waals surface area contributed by atoms with Gasteiger partial charge < -0.3 is 19.7 Å². The minimum atomic E-state index is -0.701. The van der Waals surface area contributed by atoms with Gasteiger partial charge in [0, 0.05) is 70.0 Å². The standard InChI is InChI=1S/C39H45N9O6/c1-44-36-31(5-4-6-32(36)48(39(44)52)33-11-12-35(49)42-38(33)51)46-15-13-45(14-16-46)22-24-7-9-27(10-8-24)47-23-26-18-30(34(54-3)19-29(26)43-47)41-37(50)25-17-28(53-2)21-40-20-25/h4-6,17-21,23-24,27,33H,7-16,22H2,1-3H3,(H,41,50)(H,42,49,51)/t24-,27-,33?. The van der Waals surface area contributed by atoms with Gasteiger partial charge in [0.1, 0.15) is 17.5 Å². The van der Waals surface area contributed by atoms with E-state index in [-0.39, 0.29) is 23.9 Å². The highest BCUT2D eigenvalue weighted by atomic mass is 16.5. The quantitative estimate of drug-likeness (QED) is 0.213. The molecule has 0 radical (unpaired) electrons. The lowest BCUT2D eigenvalue weighted by atomic mass is 9.85. The Labute approximate surface area is 311 Å². The molecular formula is C39H45N9O6. The third kappa shape index (κ3) is 6.68. The van der Waals surface area contributed by atoms with E-state index < -0.39 is 11.9 Å². The summed E-state index contributed by atoms with van der Waals surface area (Å²) in [6.07, 6.45) is 9.97. The van der Waals surface area contributed by atoms with Crippen LogP contribution in [0.5, 0.6) is 11.5 Å². The number of benzene rings is 2. The fraction of sp³-hybridized carbons (Fsp3) is 0.436. The predicted molar refractivity (Wildman–Crippen MR) is 203 cm³/mol. The lowest BCUT2D eigenvalue weighted by Crippen LogP contribution is -2.48. The monoisotopic (exact) mass is 735 g/mol. The van der Waals surface area contributed by atoms with Crippen LogP contribution in [0.25, 0.3) is 21.9 Å². The van der Waals surface area contributed by atoms with Crippen LogP contribution in [0.4, 0.5) is 11.4 Å². The molecule has 1 saturated carbocycles. The molecule has 54 heavy (non-hydrogen) atoms. The Hall–Kier alpha value is -5.70. The average Bonchev–Trinajstić information content (AvgIpc) is 3.72. The number of nitrogens with zero attached hydrogens (tertiary/aromatic N) is 7. The Kier molecular flexibility index (Phi) is 9.56. The molecule has 0 bridgehead atoms. The van der Waals surface area contributed by atoms with Crippen LogP contribution in [-0.4, -0.2) is 93.5 Å². The first-order chi connectivity index (χ1) is 26.2. The van der Waals surface area contributed by atoms with Crippen molar-refractivity contribution in [2.75, 3.05) is 57.2 Å². The van der Waals surface area contributed by atoms with E-state index in [0.717, 1.165) is 80.5 Å². The van der Waals surface area contributed by atoms with Gasteiger partial charge in [0.2, 0.25) is 11.8 Å². The molecule has 2 aliphatic heterocycles. The van der Waals surface area contributed by atoms with Gasteiger partial charge in [-0.15, -0.1) is 0 Å². The number of piperazine rings is 1. The number of fused-ring (bicyclic) bond motifs is 2. The van der Waals surface area contributed by atoms with Crippen molar-refractivity contribution < 1.29 is 23.9 Å². The first-order valence-corrected chi connectivity index (χ1v) is 18.6. The van der Waals surface area contributed by atoms with Crippen molar-refractivity contribution in [1.29, 1.82) is 0 Å². The zero-order chi connectivity index (χ0) is 37.5. The van der Waals surface area contributed by atoms with Gasteiger partial charge in [-0.1, -0.05) is 6.07 Å². The zero-order valence-corrected chi connectivity index (χ0v) is 30.8. The maximum absolute atomic E-state index is 13.4. The molecule has 15 nitrogen and oxygen atoms in total. The molecule has 1 aliphatic carbocycles. The van der Waals surface area contributed by atoms with Gasteiger partial charge in [0.05, 0.1) is 59.9 Å². The molecule has 2 aromatic carbocycles. The number of imide groups is 1. The average molecular weight is 736 g/mol. The van der Waals surface area contributed by atoms with Gasteiger partial charge in [0.25, 0.3) is 5.91 Å². The first-order valence-electron chi connectivity index (χ1n) is 18.6. The van der Waals surface area contributed by atoms with Crippen molar-refractivity contribution in [2.24, 2.45) is 13.0 Å². The second-order valence-electron chi connectivity index (χ2n) is 14.6. The molecule has 3 amide bonds. The molecule has 1 atom stereocenters. The van der Waals surface area contributed by atoms with Crippen LogP contribution in [0.1, 0.15) is 61.0 Å². The summed E-state index contributed by atoms with van der Waals surface area (Å²) in [5.74, 6) is 0.618. The van der Waals surface area contributed by atoms with Gasteiger partial charge >= 0.3 is 5.69 Å². The molecule has 282 valence electrons. The van der Waals surface area contributed by atoms with Crippen molar-refractivity contribution in [1.82, 2.24) is 34.1 Å². The summed E-state index contributed by atoms with van der Waals surface area (Å²) in [5.41, 5.74) is 4.04. The second-order valence-corrected chi connectivity index (χ2v) is 14.6. The van der Waals surface area contributed by atoms with E-state index in [9.17, 15) is 19.2 Å². The summed E-state index contributed by atoms with van der Waals surface area (Å²) in [6.45, 7) is 4.59. The number of aryl methyl sites for hydroxylation is 1. The van der Waals surface area contributed by atoms with Crippen LogP contribution in [0, 0.1) is 5.92 Å². The number of imidazole rings is 1. The highest BCUT2D eigenvalue weighted by molar-refractivity contribution is 6.06. The summed E-state index contributed by atoms with van der Waals surface area (Å²) < 4.78 is 16.1. The Balaban J connectivity index is 0.878. The number of ether oxygens (including phenoxy) is 2. The summed E-state index contributed by atoms with van der Waals surface area (Å²) in [6, 6.07) is 10.9. The SMILES string of the molecule is COc1cncc(C(=O)Nc2cc3cn([C@H]4CC[C@H](CN5CCN(c6cccc7c6n(C)c(=O)n7C6CCC(=O)NC6=O)CC5)CC4)nc3cc2OC)c1. The third-order valence-electron chi connectivity index (χ3n) is 11.3. The van der Waals surface area contributed by atoms with Crippen molar-refractivity contribution in [3.8, 4) is 11.5 Å². The fourth-order valence-electron chi connectivity index (χ4n) is 8.41. The van der Waals surface area contributed by atoms with E-state index in [0.29, 0.717) is 46.6 Å². The zero-order valence-electron chi connectivity index (χ0n) is 30.8. The van der Waals surface area contributed by atoms with Crippen LogP contribution in [0.3, 0.4) is 0 Å². The first kappa shape index (κ1) is 35.3. The van der Waals surface area contributed by atoms with Crippen LogP contribution in [0.15, 0.2) is 59.8 Å². The van der Waals surface area contributed by atoms with E-state index in [4.69, 9.17) is 14.6 Å². The number of carbonyl (C=O) groups is 3. The number of carbonyl (C=O) groups excluding carboxylic acids is 3. The number of rotatable bonds is 9. The number of hydrogen-bond acceptors (Lipinski definition) is 10. The van der Waals surface area contributed by atoms with Gasteiger partial charge in [-0.2, -0.15) is 5.10 Å². The molecule has 0 spiro atoms. The number of para-hydroxylation sites is 1. The van der Waals surface area contributed by atoms with Gasteiger partial charge in [-0.3, -0.25) is 43.4 Å². The maximum atomic E-state index is 13.4. The number of aromatic nitrogens is 5. The Bertz CT molecular complexity index is 2290. The third-order valence-corrected chi connectivity index (χ3v) is 11.3. The molecule has 8 rings (SSSR count). The Morgan fingerprint density at radius 1 is 0.963 bits per heavy atom. The normalized spacial score (nSPS) is 21.0. The van der Waals surface area contributed by atoms with E-state index in [1.807, 2.05) is 24.3 Å². The highest BCUT2D eigenvalue weighted by Gasteiger charge is 2.33. The lowest BCUT2D eigenvalue weighted by Gasteiger charge is -2.39. The summed E-state index contributed by atoms with van der Waals surface area (Å²) in [7, 11) is 4.87. The summed E-state index contributed by atoms with van der Waals surface area (Å²) in [5, 5.41) is 11.2. The molecule has 5 aromatic rings. The van der Waals surface area contributed by atoms with Crippen molar-refractivity contribution in [3.63, 3.8) is 0 Å². The van der Waals surface area contributed by atoms with Crippen molar-refractivity contribution in [3.05, 3.63) is 71.0 Å². The largest absolute Gasteiger partial charge is 0.495 e. The smallest absolute Gasteiger partial charge is 0.329 e. The number of hydrogen-bond donors (Lipinski definition) is 2. The van der Waals surface area contributed by atoms with Crippen molar-refractivity contribution >= 4 is 51.0 Å². The predicted octanol–water partition coefficient (Wildman–Crippen LogP) is 3.89. The van der Waals surface area contributed by atoms with Gasteiger partial charge in [-0.05, 0) is 62.3 Å². The fourth-order valence-corrected chi connectivity index (χ4v) is 8.41. The molecule has 2 saturated heterocycles. The Morgan fingerprint density at radius 3 is 2.50 bits per heavy atom. The van der Waals surface area contributed by atoms with Gasteiger partial charge in [0.15, 0.2) is 0 Å². The second kappa shape index (κ2) is 14.6. The summed E-state index contributed by atoms with van der Waals surface area (Å²) >= 11 is 0. The molecule has 1 unspecified atom stereocenters. The van der Waals surface area contributed by atoms with E-state index in [1.54, 1.807) is 35.6 Å². The van der Waals surface area contributed by atoms with Crippen LogP contribution in [0.2, 0.25) is 0 Å². The molecular weight excluding hydrogens is 690 g/mol. The van der Waals surface area contributed by atoms with E-state index >= 15 is 0 Å². The number of methoxy groups -OCH3 is 2. The molecule has 5 heterocycles. The number of piperidine rings is 1. The summed E-state index contributed by atoms with van der Waals surface area (Å²) in [4.78, 5) is 59.9. The highest BCUT2D eigenvalue weighted by Crippen LogP contribution is 2.36. The van der Waals surface area contributed by atoms with Crippen LogP contribution >= 0.6 is 0 Å². The topological polar surface area (TPSA) is 158 Å². The molecule has 15 heteroatoms. The van der Waals surface area contributed by atoms with E-state index in [1.165, 1.54) is 13.3 Å². The number of pyridine rings is 1. The molecule has 3 aromatic heterocycles. The van der Waals surface area contributed by atoms with E-state index in [2.05, 4.69) is 42.4 Å². The number of amides is 3.